The molecule has 3 heterocycles. The van der Waals surface area contributed by atoms with Gasteiger partial charge in [-0.15, -0.1) is 11.6 Å². The molecule has 3 N–H and O–H groups in total. The fourth-order valence-electron chi connectivity index (χ4n) is 6.83. The highest BCUT2D eigenvalue weighted by Gasteiger charge is 2.48. The number of benzene rings is 2. The molecule has 1 amide bonds. The van der Waals surface area contributed by atoms with E-state index < -0.39 is 35.3 Å². The molecule has 2 aliphatic carbocycles. The molecule has 1 saturated heterocycles. The van der Waals surface area contributed by atoms with Crippen LogP contribution in [0.25, 0.3) is 16.7 Å². The van der Waals surface area contributed by atoms with E-state index >= 15 is 0 Å². The van der Waals surface area contributed by atoms with Crippen molar-refractivity contribution in [3.8, 4) is 6.07 Å². The van der Waals surface area contributed by atoms with Crippen molar-refractivity contribution in [1.29, 1.82) is 5.26 Å². The van der Waals surface area contributed by atoms with Gasteiger partial charge in [0.25, 0.3) is 5.91 Å². The Hall–Kier alpha value is -4.51. The highest BCUT2D eigenvalue weighted by atomic mass is 35.5. The number of ether oxygens (including phenoxy) is 1. The van der Waals surface area contributed by atoms with Crippen molar-refractivity contribution < 1.29 is 27.8 Å². The first kappa shape index (κ1) is 34.9. The van der Waals surface area contributed by atoms with Crippen molar-refractivity contribution >= 4 is 34.2 Å². The Kier molecular flexibility index (Phi) is 9.52. The number of carbonyl (C=O) groups is 1. The van der Waals surface area contributed by atoms with Gasteiger partial charge < -0.3 is 24.9 Å². The summed E-state index contributed by atoms with van der Waals surface area (Å²) in [4.78, 5) is 25.4. The predicted octanol–water partition coefficient (Wildman–Crippen LogP) is 5.15. The Balaban J connectivity index is 1.26. The van der Waals surface area contributed by atoms with E-state index in [0.717, 1.165) is 33.4 Å². The van der Waals surface area contributed by atoms with Crippen LogP contribution in [0.5, 0.6) is 0 Å². The summed E-state index contributed by atoms with van der Waals surface area (Å²) in [5.41, 5.74) is 2.85. The first-order valence-corrected chi connectivity index (χ1v) is 17.1. The standard InChI is InChI=1S/C38H37ClF2N6O4/c1-22-6-3-4-7-27(22)28-8-5-9-38(34(28)39,46-35(48)32-12-25(18-50-2)26(16-44-32)15-43-30-13-29(30)41)36-45-31-11-23(10-24(14-42)33(31)51-36)17-47-20-37(49,19-40)21-47/h3-12,16,29-30,34,43,49H,13,15,17-21H2,1-2H3,(H,46,48)/t29-,30+,34?,38?/m0/s1. The maximum absolute atomic E-state index is 14.2. The lowest BCUT2D eigenvalue weighted by Gasteiger charge is -2.44. The molecule has 2 unspecified atom stereocenters. The molecular formula is C38H37ClF2N6O4. The zero-order valence-electron chi connectivity index (χ0n) is 28.1. The SMILES string of the molecule is COCc1cc(C(=O)NC2(c3nc4cc(CN5CC(O)(CF)C5)cc(C#N)c4o3)C=CC=C(c3ccccc3C)C2Cl)ncc1CN[C@@H]1C[C@@H]1F. The second kappa shape index (κ2) is 13.9. The number of hydrogen-bond donors (Lipinski definition) is 3. The number of likely N-dealkylation sites (tertiary alicyclic amines) is 1. The third-order valence-electron chi connectivity index (χ3n) is 9.68. The van der Waals surface area contributed by atoms with Crippen LogP contribution in [0.15, 0.2) is 71.3 Å². The highest BCUT2D eigenvalue weighted by Crippen LogP contribution is 2.43. The van der Waals surface area contributed by atoms with Crippen LogP contribution in [0, 0.1) is 18.3 Å². The number of β-amino-alcohol motifs (C(OH)–C–C–N with tert-alkyl or cyclic N) is 1. The van der Waals surface area contributed by atoms with Crippen molar-refractivity contribution in [3.05, 3.63) is 112 Å². The van der Waals surface area contributed by atoms with E-state index in [9.17, 15) is 23.9 Å². The molecule has 0 radical (unpaired) electrons. The lowest BCUT2D eigenvalue weighted by Crippen LogP contribution is -2.62. The number of nitrogens with one attached hydrogen (secondary N) is 2. The quantitative estimate of drug-likeness (QED) is 0.170. The van der Waals surface area contributed by atoms with Crippen LogP contribution in [-0.2, 0) is 30.0 Å². The summed E-state index contributed by atoms with van der Waals surface area (Å²) >= 11 is 7.40. The number of oxazole rings is 1. The molecule has 51 heavy (non-hydrogen) atoms. The predicted molar refractivity (Wildman–Crippen MR) is 187 cm³/mol. The second-order valence-corrected chi connectivity index (χ2v) is 14.1. The number of rotatable bonds is 12. The number of pyridine rings is 1. The summed E-state index contributed by atoms with van der Waals surface area (Å²) in [6.07, 6.45) is 6.59. The molecule has 13 heteroatoms. The van der Waals surface area contributed by atoms with Crippen molar-refractivity contribution in [3.63, 3.8) is 0 Å². The van der Waals surface area contributed by atoms with Crippen LogP contribution in [0.3, 0.4) is 0 Å². The second-order valence-electron chi connectivity index (χ2n) is 13.6. The first-order valence-electron chi connectivity index (χ1n) is 16.7. The molecule has 7 rings (SSSR count). The van der Waals surface area contributed by atoms with E-state index in [-0.39, 0.29) is 48.5 Å². The molecular weight excluding hydrogens is 678 g/mol. The normalized spacial score (nSPS) is 23.8. The van der Waals surface area contributed by atoms with Gasteiger partial charge in [-0.3, -0.25) is 14.7 Å². The van der Waals surface area contributed by atoms with Gasteiger partial charge >= 0.3 is 0 Å². The number of halogens is 3. The monoisotopic (exact) mass is 714 g/mol. The molecule has 2 aromatic heterocycles. The lowest BCUT2D eigenvalue weighted by molar-refractivity contribution is -0.113. The van der Waals surface area contributed by atoms with Gasteiger partial charge in [0.1, 0.15) is 35.7 Å². The van der Waals surface area contributed by atoms with Crippen LogP contribution in [-0.4, -0.2) is 75.9 Å². The molecule has 4 aromatic rings. The number of carbonyl (C=O) groups excluding carboxylic acids is 1. The number of aliphatic hydroxyl groups is 1. The van der Waals surface area contributed by atoms with Crippen molar-refractivity contribution in [2.24, 2.45) is 0 Å². The van der Waals surface area contributed by atoms with Gasteiger partial charge in [0.2, 0.25) is 5.89 Å². The molecule has 10 nitrogen and oxygen atoms in total. The molecule has 1 saturated carbocycles. The van der Waals surface area contributed by atoms with Gasteiger partial charge in [-0.25, -0.2) is 13.8 Å². The van der Waals surface area contributed by atoms with Crippen LogP contribution >= 0.6 is 11.6 Å². The average molecular weight is 715 g/mol. The summed E-state index contributed by atoms with van der Waals surface area (Å²) in [6, 6.07) is 14.8. The Labute approximate surface area is 298 Å². The van der Waals surface area contributed by atoms with E-state index in [0.29, 0.717) is 25.0 Å². The number of methoxy groups -OCH3 is 1. The Morgan fingerprint density at radius 1 is 1.25 bits per heavy atom. The number of fused-ring (bicyclic) bond motifs is 1. The number of hydrogen-bond acceptors (Lipinski definition) is 9. The number of nitriles is 1. The van der Waals surface area contributed by atoms with Crippen LogP contribution in [0.4, 0.5) is 8.78 Å². The summed E-state index contributed by atoms with van der Waals surface area (Å²) in [7, 11) is 1.55. The topological polar surface area (TPSA) is 137 Å². The summed E-state index contributed by atoms with van der Waals surface area (Å²) in [5, 5.41) is 25.6. The third kappa shape index (κ3) is 6.80. The molecule has 264 valence electrons. The maximum atomic E-state index is 14.2. The number of allylic oxidation sites excluding steroid dienone is 2. The van der Waals surface area contributed by atoms with Gasteiger partial charge in [-0.05, 0) is 71.0 Å². The minimum atomic E-state index is -1.53. The highest BCUT2D eigenvalue weighted by molar-refractivity contribution is 6.28. The fraction of sp³-hybridized carbons (Fsp3) is 0.368. The molecule has 0 bridgehead atoms. The van der Waals surface area contributed by atoms with E-state index in [1.165, 1.54) is 0 Å². The average Bonchev–Trinajstić information content (AvgIpc) is 3.64. The Morgan fingerprint density at radius 2 is 2.04 bits per heavy atom. The number of alkyl halides is 3. The van der Waals surface area contributed by atoms with E-state index in [1.807, 2.05) is 42.2 Å². The van der Waals surface area contributed by atoms with E-state index in [2.05, 4.69) is 21.7 Å². The largest absolute Gasteiger partial charge is 0.436 e. The molecule has 3 aliphatic rings. The summed E-state index contributed by atoms with van der Waals surface area (Å²) in [5.74, 6) is -0.491. The van der Waals surface area contributed by atoms with Gasteiger partial charge in [0.05, 0.1) is 17.5 Å². The fourth-order valence-corrected chi connectivity index (χ4v) is 7.24. The molecule has 2 fully saturated rings. The smallest absolute Gasteiger partial charge is 0.271 e. The maximum Gasteiger partial charge on any atom is 0.271 e. The van der Waals surface area contributed by atoms with Gasteiger partial charge in [-0.2, -0.15) is 5.26 Å². The first-order chi connectivity index (χ1) is 24.6. The minimum Gasteiger partial charge on any atom is -0.436 e. The number of nitrogens with zero attached hydrogens (tertiary/aromatic N) is 4. The summed E-state index contributed by atoms with van der Waals surface area (Å²) in [6.45, 7) is 2.44. The number of aryl methyl sites for hydroxylation is 1. The van der Waals surface area contributed by atoms with E-state index in [4.69, 9.17) is 25.7 Å². The number of aromatic nitrogens is 2. The molecule has 0 spiro atoms. The third-order valence-corrected chi connectivity index (χ3v) is 10.3. The zero-order chi connectivity index (χ0) is 35.9. The van der Waals surface area contributed by atoms with Crippen LogP contribution in [0.1, 0.15) is 56.2 Å². The van der Waals surface area contributed by atoms with Crippen LogP contribution in [0.2, 0.25) is 0 Å². The van der Waals surface area contributed by atoms with Gasteiger partial charge in [0.15, 0.2) is 11.1 Å². The van der Waals surface area contributed by atoms with E-state index in [1.54, 1.807) is 43.7 Å². The van der Waals surface area contributed by atoms with Gasteiger partial charge in [-0.1, -0.05) is 36.4 Å². The van der Waals surface area contributed by atoms with Crippen molar-refractivity contribution in [2.45, 2.75) is 61.8 Å². The van der Waals surface area contributed by atoms with Crippen molar-refractivity contribution in [1.82, 2.24) is 25.5 Å². The molecule has 2 aromatic carbocycles. The Bertz CT molecular complexity index is 2090. The zero-order valence-corrected chi connectivity index (χ0v) is 28.9. The van der Waals surface area contributed by atoms with Crippen molar-refractivity contribution in [2.75, 3.05) is 26.9 Å². The van der Waals surface area contributed by atoms with Crippen LogP contribution < -0.4 is 10.6 Å². The van der Waals surface area contributed by atoms with Gasteiger partial charge in [0, 0.05) is 45.5 Å². The molecule has 4 atom stereocenters. The lowest BCUT2D eigenvalue weighted by atomic mass is 9.81. The number of amides is 1. The minimum absolute atomic E-state index is 0.0637. The Morgan fingerprint density at radius 3 is 2.75 bits per heavy atom. The molecule has 1 aliphatic heterocycles. The summed E-state index contributed by atoms with van der Waals surface area (Å²) < 4.78 is 38.5.